The van der Waals surface area contributed by atoms with E-state index in [2.05, 4.69) is 9.71 Å². The first-order chi connectivity index (χ1) is 9.90. The highest BCUT2D eigenvalue weighted by molar-refractivity contribution is 7.89. The van der Waals surface area contributed by atoms with Crippen LogP contribution in [-0.2, 0) is 10.0 Å². The zero-order chi connectivity index (χ0) is 15.5. The third kappa shape index (κ3) is 3.65. The van der Waals surface area contributed by atoms with Crippen molar-refractivity contribution in [2.45, 2.75) is 17.9 Å². The molecule has 0 saturated heterocycles. The molecule has 0 radical (unpaired) electrons. The molecule has 0 amide bonds. The van der Waals surface area contributed by atoms with Crippen LogP contribution < -0.4 is 4.72 Å². The Morgan fingerprint density at radius 3 is 2.43 bits per heavy atom. The van der Waals surface area contributed by atoms with Crippen LogP contribution in [0.15, 0.2) is 53.7 Å². The minimum atomic E-state index is -3.72. The maximum Gasteiger partial charge on any atom is 0.335 e. The van der Waals surface area contributed by atoms with Crippen LogP contribution >= 0.6 is 0 Å². The minimum absolute atomic E-state index is 0.0169. The van der Waals surface area contributed by atoms with E-state index in [1.54, 1.807) is 31.5 Å². The summed E-state index contributed by atoms with van der Waals surface area (Å²) >= 11 is 0. The number of nitrogens with one attached hydrogen (secondary N) is 1. The average molecular weight is 306 g/mol. The van der Waals surface area contributed by atoms with Gasteiger partial charge < -0.3 is 5.11 Å². The lowest BCUT2D eigenvalue weighted by molar-refractivity contribution is 0.0696. The van der Waals surface area contributed by atoms with Crippen molar-refractivity contribution >= 4 is 16.0 Å². The van der Waals surface area contributed by atoms with E-state index < -0.39 is 22.0 Å². The number of hydrogen-bond acceptors (Lipinski definition) is 4. The molecule has 0 fully saturated rings. The van der Waals surface area contributed by atoms with Gasteiger partial charge in [-0.15, -0.1) is 0 Å². The second kappa shape index (κ2) is 6.02. The first-order valence-corrected chi connectivity index (χ1v) is 7.64. The highest BCUT2D eigenvalue weighted by Crippen LogP contribution is 2.16. The Kier molecular flexibility index (Phi) is 4.35. The van der Waals surface area contributed by atoms with Crippen molar-refractivity contribution in [3.8, 4) is 0 Å². The van der Waals surface area contributed by atoms with Crippen molar-refractivity contribution in [2.24, 2.45) is 0 Å². The van der Waals surface area contributed by atoms with Crippen molar-refractivity contribution in [3.05, 3.63) is 59.9 Å². The normalized spacial score (nSPS) is 12.8. The van der Waals surface area contributed by atoms with E-state index in [0.29, 0.717) is 0 Å². The topological polar surface area (TPSA) is 96.4 Å². The standard InChI is InChI=1S/C14H14N2O4S/c1-10(12-3-2-8-15-9-12)16-21(19,20)13-6-4-11(5-7-13)14(17)18/h2-10,16H,1H3,(H,17,18). The molecule has 6 nitrogen and oxygen atoms in total. The van der Waals surface area contributed by atoms with Crippen LogP contribution in [0, 0.1) is 0 Å². The third-order valence-electron chi connectivity index (χ3n) is 2.93. The Labute approximate surface area is 122 Å². The van der Waals surface area contributed by atoms with E-state index in [4.69, 9.17) is 5.11 Å². The number of rotatable bonds is 5. The van der Waals surface area contributed by atoms with Crippen LogP contribution in [0.5, 0.6) is 0 Å². The Balaban J connectivity index is 2.20. The summed E-state index contributed by atoms with van der Waals surface area (Å²) in [6.07, 6.45) is 3.19. The Morgan fingerprint density at radius 2 is 1.90 bits per heavy atom. The molecule has 1 aromatic heterocycles. The average Bonchev–Trinajstić information content (AvgIpc) is 2.48. The van der Waals surface area contributed by atoms with Crippen LogP contribution in [0.3, 0.4) is 0 Å². The summed E-state index contributed by atoms with van der Waals surface area (Å²) in [6.45, 7) is 1.71. The summed E-state index contributed by atoms with van der Waals surface area (Å²) < 4.78 is 27.0. The van der Waals surface area contributed by atoms with Crippen LogP contribution in [0.25, 0.3) is 0 Å². The Hall–Kier alpha value is -2.25. The highest BCUT2D eigenvalue weighted by Gasteiger charge is 2.18. The van der Waals surface area contributed by atoms with Gasteiger partial charge in [-0.2, -0.15) is 0 Å². The molecule has 0 aliphatic heterocycles. The van der Waals surface area contributed by atoms with Gasteiger partial charge in [-0.05, 0) is 42.8 Å². The number of aromatic nitrogens is 1. The summed E-state index contributed by atoms with van der Waals surface area (Å²) in [5.41, 5.74) is 0.775. The molecule has 1 atom stereocenters. The van der Waals surface area contributed by atoms with E-state index in [1.165, 1.54) is 24.3 Å². The molecule has 0 spiro atoms. The predicted octanol–water partition coefficient (Wildman–Crippen LogP) is 1.82. The number of aromatic carboxylic acids is 1. The molecule has 7 heteroatoms. The Morgan fingerprint density at radius 1 is 1.24 bits per heavy atom. The van der Waals surface area contributed by atoms with E-state index in [9.17, 15) is 13.2 Å². The van der Waals surface area contributed by atoms with Gasteiger partial charge in [-0.1, -0.05) is 6.07 Å². The fraction of sp³-hybridized carbons (Fsp3) is 0.143. The maximum absolute atomic E-state index is 12.2. The van der Waals surface area contributed by atoms with Gasteiger partial charge >= 0.3 is 5.97 Å². The largest absolute Gasteiger partial charge is 0.478 e. The second-order valence-electron chi connectivity index (χ2n) is 4.46. The molecule has 110 valence electrons. The summed E-state index contributed by atoms with van der Waals surface area (Å²) in [7, 11) is -3.72. The second-order valence-corrected chi connectivity index (χ2v) is 6.17. The quantitative estimate of drug-likeness (QED) is 0.878. The fourth-order valence-electron chi connectivity index (χ4n) is 1.78. The van der Waals surface area contributed by atoms with Gasteiger partial charge in [0.15, 0.2) is 0 Å². The van der Waals surface area contributed by atoms with Crippen molar-refractivity contribution < 1.29 is 18.3 Å². The minimum Gasteiger partial charge on any atom is -0.478 e. The molecule has 2 aromatic rings. The zero-order valence-corrected chi connectivity index (χ0v) is 12.0. The number of carbonyl (C=O) groups is 1. The van der Waals surface area contributed by atoms with Crippen LogP contribution in [0.2, 0.25) is 0 Å². The predicted molar refractivity (Wildman–Crippen MR) is 76.4 cm³/mol. The molecule has 2 rings (SSSR count). The molecule has 21 heavy (non-hydrogen) atoms. The number of nitrogens with zero attached hydrogens (tertiary/aromatic N) is 1. The number of hydrogen-bond donors (Lipinski definition) is 2. The van der Waals surface area contributed by atoms with Gasteiger partial charge in [0.05, 0.1) is 10.5 Å². The lowest BCUT2D eigenvalue weighted by Gasteiger charge is -2.14. The van der Waals surface area contributed by atoms with Crippen LogP contribution in [-0.4, -0.2) is 24.5 Å². The van der Waals surface area contributed by atoms with E-state index in [0.717, 1.165) is 5.56 Å². The van der Waals surface area contributed by atoms with E-state index in [-0.39, 0.29) is 10.5 Å². The van der Waals surface area contributed by atoms with Crippen molar-refractivity contribution in [1.29, 1.82) is 0 Å². The summed E-state index contributed by atoms with van der Waals surface area (Å²) in [5, 5.41) is 8.80. The van der Waals surface area contributed by atoms with Gasteiger partial charge in [-0.25, -0.2) is 17.9 Å². The monoisotopic (exact) mass is 306 g/mol. The lowest BCUT2D eigenvalue weighted by Crippen LogP contribution is -2.27. The number of carboxylic acid groups (broad SMARTS) is 1. The first kappa shape index (κ1) is 15.1. The van der Waals surface area contributed by atoms with Crippen molar-refractivity contribution in [3.63, 3.8) is 0 Å². The number of carboxylic acids is 1. The van der Waals surface area contributed by atoms with Gasteiger partial charge in [0.2, 0.25) is 10.0 Å². The first-order valence-electron chi connectivity index (χ1n) is 6.16. The molecule has 2 N–H and O–H groups in total. The molecule has 0 aliphatic carbocycles. The summed E-state index contributed by atoms with van der Waals surface area (Å²) in [5.74, 6) is -1.10. The lowest BCUT2D eigenvalue weighted by atomic mass is 10.2. The van der Waals surface area contributed by atoms with Crippen molar-refractivity contribution in [1.82, 2.24) is 9.71 Å². The number of pyridine rings is 1. The molecular formula is C14H14N2O4S. The molecule has 1 aromatic carbocycles. The van der Waals surface area contributed by atoms with Crippen molar-refractivity contribution in [2.75, 3.05) is 0 Å². The van der Waals surface area contributed by atoms with Gasteiger partial charge in [0, 0.05) is 18.4 Å². The van der Waals surface area contributed by atoms with Crippen LogP contribution in [0.4, 0.5) is 0 Å². The molecule has 0 aliphatic rings. The van der Waals surface area contributed by atoms with E-state index >= 15 is 0 Å². The zero-order valence-electron chi connectivity index (χ0n) is 11.2. The smallest absolute Gasteiger partial charge is 0.335 e. The SMILES string of the molecule is CC(NS(=O)(=O)c1ccc(C(=O)O)cc1)c1cccnc1. The van der Waals surface area contributed by atoms with Gasteiger partial charge in [0.1, 0.15) is 0 Å². The summed E-state index contributed by atoms with van der Waals surface area (Å²) in [6, 6.07) is 8.10. The number of sulfonamides is 1. The maximum atomic E-state index is 12.2. The number of benzene rings is 1. The molecular weight excluding hydrogens is 292 g/mol. The van der Waals surface area contributed by atoms with Gasteiger partial charge in [-0.3, -0.25) is 4.98 Å². The highest BCUT2D eigenvalue weighted by atomic mass is 32.2. The fourth-order valence-corrected chi connectivity index (χ4v) is 3.01. The van der Waals surface area contributed by atoms with E-state index in [1.807, 2.05) is 0 Å². The molecule has 0 saturated carbocycles. The third-order valence-corrected chi connectivity index (χ3v) is 4.48. The molecule has 1 heterocycles. The van der Waals surface area contributed by atoms with Crippen LogP contribution in [0.1, 0.15) is 28.9 Å². The summed E-state index contributed by atoms with van der Waals surface area (Å²) in [4.78, 5) is 14.7. The molecule has 1 unspecified atom stereocenters. The Bertz CT molecular complexity index is 727. The molecule has 0 bridgehead atoms. The van der Waals surface area contributed by atoms with Gasteiger partial charge in [0.25, 0.3) is 0 Å².